The van der Waals surface area contributed by atoms with Crippen molar-refractivity contribution < 1.29 is 0 Å². The summed E-state index contributed by atoms with van der Waals surface area (Å²) in [5.74, 6) is 0. The lowest BCUT2D eigenvalue weighted by Gasteiger charge is -2.26. The Kier molecular flexibility index (Phi) is 9.20. The Morgan fingerprint density at radius 3 is 1.42 bits per heavy atom. The molecule has 1 aromatic heterocycles. The standard InChI is InChI=1S/C62H42N2/c1-2-11-43(12-3-1)45-23-32-53(33-24-45)63(55-38-29-49(30-39-55)58-19-10-16-48-14-6-7-17-57(48)58)54-34-25-47(26-35-54)52-31-40-62-60(42-52)59-18-8-9-20-61(59)64(62)56-36-27-46(28-37-56)51-22-21-44-13-4-5-15-50(44)41-51/h1-42H. The van der Waals surface area contributed by atoms with Crippen molar-refractivity contribution >= 4 is 60.4 Å². The lowest BCUT2D eigenvalue weighted by atomic mass is 9.98. The largest absolute Gasteiger partial charge is 0.311 e. The third kappa shape index (κ3) is 6.70. The first-order valence-electron chi connectivity index (χ1n) is 22.0. The number of rotatable bonds is 8. The molecule has 0 saturated heterocycles. The Balaban J connectivity index is 0.892. The van der Waals surface area contributed by atoms with Gasteiger partial charge in [-0.2, -0.15) is 0 Å². The minimum absolute atomic E-state index is 1.10. The van der Waals surface area contributed by atoms with Crippen LogP contribution in [0.4, 0.5) is 17.1 Å². The quantitative estimate of drug-likeness (QED) is 0.148. The SMILES string of the molecule is c1ccc(-c2ccc(N(c3ccc(-c4ccc5c(c4)c4ccccc4n5-c4ccc(-c5ccc6ccccc6c5)cc4)cc3)c3ccc(-c4cccc5ccccc45)cc3)cc2)cc1. The molecule has 12 rings (SSSR count). The van der Waals surface area contributed by atoms with E-state index in [4.69, 9.17) is 0 Å². The maximum Gasteiger partial charge on any atom is 0.0541 e. The van der Waals surface area contributed by atoms with Crippen LogP contribution in [0.15, 0.2) is 255 Å². The summed E-state index contributed by atoms with van der Waals surface area (Å²) in [5.41, 5.74) is 16.5. The minimum atomic E-state index is 1.10. The normalized spacial score (nSPS) is 11.4. The molecule has 0 aliphatic rings. The zero-order valence-electron chi connectivity index (χ0n) is 35.1. The van der Waals surface area contributed by atoms with Crippen molar-refractivity contribution in [3.8, 4) is 50.2 Å². The summed E-state index contributed by atoms with van der Waals surface area (Å²) in [4.78, 5) is 2.35. The van der Waals surface area contributed by atoms with Crippen LogP contribution in [-0.2, 0) is 0 Å². The van der Waals surface area contributed by atoms with Crippen molar-refractivity contribution in [2.45, 2.75) is 0 Å². The number of aromatic nitrogens is 1. The first-order valence-corrected chi connectivity index (χ1v) is 22.0. The smallest absolute Gasteiger partial charge is 0.0541 e. The zero-order chi connectivity index (χ0) is 42.4. The molecule has 1 heterocycles. The van der Waals surface area contributed by atoms with Crippen LogP contribution in [0.2, 0.25) is 0 Å². The topological polar surface area (TPSA) is 8.17 Å². The van der Waals surface area contributed by atoms with Gasteiger partial charge in [-0.1, -0.05) is 182 Å². The van der Waals surface area contributed by atoms with Gasteiger partial charge in [-0.05, 0) is 139 Å². The van der Waals surface area contributed by atoms with Gasteiger partial charge in [0.25, 0.3) is 0 Å². The fraction of sp³-hybridized carbons (Fsp3) is 0. The summed E-state index contributed by atoms with van der Waals surface area (Å²) in [6.07, 6.45) is 0. The Labute approximate surface area is 373 Å². The molecule has 0 bridgehead atoms. The molecule has 0 atom stereocenters. The second-order valence-corrected chi connectivity index (χ2v) is 16.6. The van der Waals surface area contributed by atoms with Gasteiger partial charge in [-0.25, -0.2) is 0 Å². The molecule has 0 fully saturated rings. The molecule has 0 spiro atoms. The summed E-state index contributed by atoms with van der Waals surface area (Å²) >= 11 is 0. The highest BCUT2D eigenvalue weighted by Crippen LogP contribution is 2.40. The fourth-order valence-electron chi connectivity index (χ4n) is 9.55. The highest BCUT2D eigenvalue weighted by Gasteiger charge is 2.17. The van der Waals surface area contributed by atoms with Crippen molar-refractivity contribution in [2.24, 2.45) is 0 Å². The van der Waals surface area contributed by atoms with Crippen LogP contribution >= 0.6 is 0 Å². The Morgan fingerprint density at radius 2 is 0.719 bits per heavy atom. The van der Waals surface area contributed by atoms with Gasteiger partial charge in [0.15, 0.2) is 0 Å². The Bertz CT molecular complexity index is 3620. The average molecular weight is 815 g/mol. The number of hydrogen-bond acceptors (Lipinski definition) is 1. The first kappa shape index (κ1) is 37.3. The van der Waals surface area contributed by atoms with Gasteiger partial charge in [0, 0.05) is 33.5 Å². The molecule has 64 heavy (non-hydrogen) atoms. The van der Waals surface area contributed by atoms with E-state index in [2.05, 4.69) is 264 Å². The molecule has 0 unspecified atom stereocenters. The van der Waals surface area contributed by atoms with E-state index in [1.807, 2.05) is 0 Å². The van der Waals surface area contributed by atoms with Crippen LogP contribution in [0, 0.1) is 0 Å². The minimum Gasteiger partial charge on any atom is -0.311 e. The van der Waals surface area contributed by atoms with E-state index >= 15 is 0 Å². The molecule has 12 aromatic rings. The van der Waals surface area contributed by atoms with Crippen molar-refractivity contribution in [3.63, 3.8) is 0 Å². The molecule has 0 saturated carbocycles. The first-order chi connectivity index (χ1) is 31.7. The van der Waals surface area contributed by atoms with Crippen LogP contribution in [-0.4, -0.2) is 4.57 Å². The molecule has 300 valence electrons. The molecule has 0 amide bonds. The highest BCUT2D eigenvalue weighted by atomic mass is 15.1. The lowest BCUT2D eigenvalue weighted by molar-refractivity contribution is 1.18. The summed E-state index contributed by atoms with van der Waals surface area (Å²) in [5, 5.41) is 7.50. The second-order valence-electron chi connectivity index (χ2n) is 16.6. The fourth-order valence-corrected chi connectivity index (χ4v) is 9.55. The monoisotopic (exact) mass is 814 g/mol. The van der Waals surface area contributed by atoms with Crippen LogP contribution in [0.3, 0.4) is 0 Å². The molecule has 11 aromatic carbocycles. The maximum absolute atomic E-state index is 2.40. The van der Waals surface area contributed by atoms with Crippen molar-refractivity contribution in [1.29, 1.82) is 0 Å². The van der Waals surface area contributed by atoms with Crippen molar-refractivity contribution in [2.75, 3.05) is 4.90 Å². The van der Waals surface area contributed by atoms with E-state index in [0.29, 0.717) is 0 Å². The van der Waals surface area contributed by atoms with Gasteiger partial charge in [0.05, 0.1) is 11.0 Å². The molecule has 0 aliphatic heterocycles. The molecule has 2 heteroatoms. The van der Waals surface area contributed by atoms with E-state index in [0.717, 1.165) is 22.7 Å². The van der Waals surface area contributed by atoms with Gasteiger partial charge < -0.3 is 9.47 Å². The molecular weight excluding hydrogens is 773 g/mol. The summed E-state index contributed by atoms with van der Waals surface area (Å²) in [7, 11) is 0. The maximum atomic E-state index is 2.40. The average Bonchev–Trinajstić information content (AvgIpc) is 3.71. The number of para-hydroxylation sites is 1. The molecule has 0 aliphatic carbocycles. The zero-order valence-corrected chi connectivity index (χ0v) is 35.1. The van der Waals surface area contributed by atoms with Gasteiger partial charge >= 0.3 is 0 Å². The predicted molar refractivity (Wildman–Crippen MR) is 272 cm³/mol. The van der Waals surface area contributed by atoms with Gasteiger partial charge in [-0.15, -0.1) is 0 Å². The Morgan fingerprint density at radius 1 is 0.250 bits per heavy atom. The Hall–Kier alpha value is -8.46. The summed E-state index contributed by atoms with van der Waals surface area (Å²) < 4.78 is 2.40. The van der Waals surface area contributed by atoms with Crippen LogP contribution in [0.5, 0.6) is 0 Å². The van der Waals surface area contributed by atoms with Crippen LogP contribution in [0.1, 0.15) is 0 Å². The van der Waals surface area contributed by atoms with E-state index < -0.39 is 0 Å². The van der Waals surface area contributed by atoms with Crippen LogP contribution in [0.25, 0.3) is 93.5 Å². The van der Waals surface area contributed by atoms with Gasteiger partial charge in [-0.3, -0.25) is 0 Å². The van der Waals surface area contributed by atoms with E-state index in [-0.39, 0.29) is 0 Å². The molecular formula is C62H42N2. The lowest BCUT2D eigenvalue weighted by Crippen LogP contribution is -2.09. The second kappa shape index (κ2) is 15.8. The predicted octanol–water partition coefficient (Wildman–Crippen LogP) is 17.2. The van der Waals surface area contributed by atoms with Crippen LogP contribution < -0.4 is 4.90 Å². The number of hydrogen-bond donors (Lipinski definition) is 0. The highest BCUT2D eigenvalue weighted by molar-refractivity contribution is 6.10. The van der Waals surface area contributed by atoms with Gasteiger partial charge in [0.1, 0.15) is 0 Å². The number of nitrogens with zero attached hydrogens (tertiary/aromatic N) is 2. The number of anilines is 3. The third-order valence-corrected chi connectivity index (χ3v) is 12.8. The van der Waals surface area contributed by atoms with E-state index in [9.17, 15) is 0 Å². The molecule has 2 nitrogen and oxygen atoms in total. The van der Waals surface area contributed by atoms with Crippen molar-refractivity contribution in [3.05, 3.63) is 255 Å². The summed E-state index contributed by atoms with van der Waals surface area (Å²) in [6, 6.07) is 92.6. The number of fused-ring (bicyclic) bond motifs is 5. The van der Waals surface area contributed by atoms with E-state index in [1.54, 1.807) is 0 Å². The van der Waals surface area contributed by atoms with Gasteiger partial charge in [0.2, 0.25) is 0 Å². The van der Waals surface area contributed by atoms with E-state index in [1.165, 1.54) is 87.9 Å². The third-order valence-electron chi connectivity index (χ3n) is 12.8. The summed E-state index contributed by atoms with van der Waals surface area (Å²) in [6.45, 7) is 0. The molecule has 0 N–H and O–H groups in total. The number of benzene rings is 11. The molecule has 0 radical (unpaired) electrons. The van der Waals surface area contributed by atoms with Crippen molar-refractivity contribution in [1.82, 2.24) is 4.57 Å².